The van der Waals surface area contributed by atoms with Gasteiger partial charge in [0.25, 0.3) is 0 Å². The number of aliphatic carboxylic acids is 1. The Hall–Kier alpha value is -0.770. The number of hydrogen-bond donors (Lipinski definition) is 2. The molecular formula is C12H15Cl2NO2. The standard InChI is InChI=1S/C12H15Cl2NO2/c1-7(2)6-15-11(12(16)17)9-5-8(13)3-4-10(9)14/h3-5,7,11,15H,6H2,1-2H3,(H,16,17). The highest BCUT2D eigenvalue weighted by atomic mass is 35.5. The summed E-state index contributed by atoms with van der Waals surface area (Å²) in [5, 5.41) is 13.0. The van der Waals surface area contributed by atoms with Crippen LogP contribution in [0.3, 0.4) is 0 Å². The lowest BCUT2D eigenvalue weighted by molar-refractivity contribution is -0.139. The number of rotatable bonds is 5. The van der Waals surface area contributed by atoms with Crippen LogP contribution >= 0.6 is 23.2 Å². The van der Waals surface area contributed by atoms with Crippen LogP contribution in [0.1, 0.15) is 25.5 Å². The van der Waals surface area contributed by atoms with Crippen molar-refractivity contribution in [1.29, 1.82) is 0 Å². The van der Waals surface area contributed by atoms with E-state index in [-0.39, 0.29) is 0 Å². The molecule has 0 saturated heterocycles. The molecule has 0 aromatic heterocycles. The third kappa shape index (κ3) is 4.19. The third-order valence-electron chi connectivity index (χ3n) is 2.25. The van der Waals surface area contributed by atoms with Gasteiger partial charge in [-0.3, -0.25) is 4.79 Å². The number of benzene rings is 1. The van der Waals surface area contributed by atoms with Crippen LogP contribution < -0.4 is 5.32 Å². The number of carboxylic acid groups (broad SMARTS) is 1. The number of carboxylic acids is 1. The van der Waals surface area contributed by atoms with E-state index in [1.54, 1.807) is 18.2 Å². The lowest BCUT2D eigenvalue weighted by Gasteiger charge is -2.17. The highest BCUT2D eigenvalue weighted by Gasteiger charge is 2.22. The van der Waals surface area contributed by atoms with Gasteiger partial charge in [-0.2, -0.15) is 0 Å². The average molecular weight is 276 g/mol. The Bertz CT molecular complexity index is 407. The van der Waals surface area contributed by atoms with E-state index >= 15 is 0 Å². The Balaban J connectivity index is 2.97. The molecule has 0 fully saturated rings. The van der Waals surface area contributed by atoms with Crippen LogP contribution in [-0.2, 0) is 4.79 Å². The molecule has 0 amide bonds. The summed E-state index contributed by atoms with van der Waals surface area (Å²) >= 11 is 11.8. The summed E-state index contributed by atoms with van der Waals surface area (Å²) in [5.74, 6) is -0.607. The molecule has 0 spiro atoms. The van der Waals surface area contributed by atoms with Gasteiger partial charge in [-0.05, 0) is 30.7 Å². The largest absolute Gasteiger partial charge is 0.480 e. The van der Waals surface area contributed by atoms with E-state index in [9.17, 15) is 9.90 Å². The first-order chi connectivity index (χ1) is 7.91. The molecule has 2 N–H and O–H groups in total. The predicted octanol–water partition coefficient (Wildman–Crippen LogP) is 3.36. The third-order valence-corrected chi connectivity index (χ3v) is 2.83. The summed E-state index contributed by atoms with van der Waals surface area (Å²) < 4.78 is 0. The van der Waals surface area contributed by atoms with Gasteiger partial charge < -0.3 is 10.4 Å². The van der Waals surface area contributed by atoms with Crippen LogP contribution in [0, 0.1) is 5.92 Å². The van der Waals surface area contributed by atoms with Gasteiger partial charge in [-0.25, -0.2) is 0 Å². The van der Waals surface area contributed by atoms with Crippen LogP contribution in [0.25, 0.3) is 0 Å². The molecule has 1 unspecified atom stereocenters. The van der Waals surface area contributed by atoms with Gasteiger partial charge in [-0.1, -0.05) is 37.0 Å². The van der Waals surface area contributed by atoms with E-state index in [2.05, 4.69) is 5.32 Å². The summed E-state index contributed by atoms with van der Waals surface area (Å²) in [6.07, 6.45) is 0. The topological polar surface area (TPSA) is 49.3 Å². The lowest BCUT2D eigenvalue weighted by Crippen LogP contribution is -2.31. The fourth-order valence-corrected chi connectivity index (χ4v) is 1.83. The Morgan fingerprint density at radius 1 is 1.41 bits per heavy atom. The van der Waals surface area contributed by atoms with Crippen molar-refractivity contribution >= 4 is 29.2 Å². The second-order valence-electron chi connectivity index (χ2n) is 4.24. The molecular weight excluding hydrogens is 261 g/mol. The van der Waals surface area contributed by atoms with Crippen molar-refractivity contribution in [3.63, 3.8) is 0 Å². The molecule has 3 nitrogen and oxygen atoms in total. The smallest absolute Gasteiger partial charge is 0.325 e. The van der Waals surface area contributed by atoms with Crippen LogP contribution in [0.15, 0.2) is 18.2 Å². The van der Waals surface area contributed by atoms with E-state index < -0.39 is 12.0 Å². The second-order valence-corrected chi connectivity index (χ2v) is 5.08. The minimum atomic E-state index is -0.963. The molecule has 17 heavy (non-hydrogen) atoms. The number of hydrogen-bond acceptors (Lipinski definition) is 2. The molecule has 0 aliphatic rings. The zero-order chi connectivity index (χ0) is 13.0. The maximum absolute atomic E-state index is 11.2. The Morgan fingerprint density at radius 2 is 2.06 bits per heavy atom. The minimum absolute atomic E-state index is 0.356. The zero-order valence-electron chi connectivity index (χ0n) is 9.71. The first-order valence-corrected chi connectivity index (χ1v) is 6.08. The van der Waals surface area contributed by atoms with E-state index in [4.69, 9.17) is 23.2 Å². The summed E-state index contributed by atoms with van der Waals surface area (Å²) in [5.41, 5.74) is 0.493. The van der Waals surface area contributed by atoms with Gasteiger partial charge in [-0.15, -0.1) is 0 Å². The van der Waals surface area contributed by atoms with Crippen molar-refractivity contribution in [2.24, 2.45) is 5.92 Å². The van der Waals surface area contributed by atoms with Crippen LogP contribution in [-0.4, -0.2) is 17.6 Å². The monoisotopic (exact) mass is 275 g/mol. The normalized spacial score (nSPS) is 12.8. The lowest BCUT2D eigenvalue weighted by atomic mass is 10.1. The van der Waals surface area contributed by atoms with E-state index in [0.717, 1.165) is 0 Å². The fourth-order valence-electron chi connectivity index (χ4n) is 1.42. The van der Waals surface area contributed by atoms with Crippen molar-refractivity contribution in [3.05, 3.63) is 33.8 Å². The molecule has 0 heterocycles. The van der Waals surface area contributed by atoms with Crippen LogP contribution in [0.4, 0.5) is 0 Å². The quantitative estimate of drug-likeness (QED) is 0.866. The molecule has 1 aromatic rings. The molecule has 0 saturated carbocycles. The minimum Gasteiger partial charge on any atom is -0.480 e. The molecule has 0 radical (unpaired) electrons. The fraction of sp³-hybridized carbons (Fsp3) is 0.417. The average Bonchev–Trinajstić information content (AvgIpc) is 2.22. The maximum Gasteiger partial charge on any atom is 0.325 e. The second kappa shape index (κ2) is 6.24. The van der Waals surface area contributed by atoms with Crippen molar-refractivity contribution in [2.75, 3.05) is 6.54 Å². The Labute approximate surface area is 111 Å². The molecule has 1 atom stereocenters. The van der Waals surface area contributed by atoms with Crippen LogP contribution in [0.2, 0.25) is 10.0 Å². The molecule has 1 rings (SSSR count). The van der Waals surface area contributed by atoms with Gasteiger partial charge >= 0.3 is 5.97 Å². The van der Waals surface area contributed by atoms with E-state index in [0.29, 0.717) is 28.1 Å². The van der Waals surface area contributed by atoms with Gasteiger partial charge in [0.15, 0.2) is 0 Å². The highest BCUT2D eigenvalue weighted by Crippen LogP contribution is 2.26. The van der Waals surface area contributed by atoms with Gasteiger partial charge in [0.05, 0.1) is 0 Å². The molecule has 94 valence electrons. The van der Waals surface area contributed by atoms with Gasteiger partial charge in [0.1, 0.15) is 6.04 Å². The van der Waals surface area contributed by atoms with Crippen molar-refractivity contribution in [1.82, 2.24) is 5.32 Å². The van der Waals surface area contributed by atoms with Crippen LogP contribution in [0.5, 0.6) is 0 Å². The molecule has 1 aromatic carbocycles. The van der Waals surface area contributed by atoms with E-state index in [1.165, 1.54) is 0 Å². The zero-order valence-corrected chi connectivity index (χ0v) is 11.2. The molecule has 0 bridgehead atoms. The summed E-state index contributed by atoms with van der Waals surface area (Å²) in [4.78, 5) is 11.2. The summed E-state index contributed by atoms with van der Waals surface area (Å²) in [6, 6.07) is 3.99. The van der Waals surface area contributed by atoms with Gasteiger partial charge in [0, 0.05) is 15.6 Å². The first kappa shape index (κ1) is 14.3. The molecule has 0 aliphatic carbocycles. The SMILES string of the molecule is CC(C)CNC(C(=O)O)c1cc(Cl)ccc1Cl. The van der Waals surface area contributed by atoms with Crippen molar-refractivity contribution < 1.29 is 9.90 Å². The van der Waals surface area contributed by atoms with E-state index in [1.807, 2.05) is 13.8 Å². The van der Waals surface area contributed by atoms with Crippen molar-refractivity contribution in [3.8, 4) is 0 Å². The Kier molecular flexibility index (Phi) is 5.25. The Morgan fingerprint density at radius 3 is 2.59 bits per heavy atom. The molecule has 0 aliphatic heterocycles. The maximum atomic E-state index is 11.2. The molecule has 5 heteroatoms. The number of nitrogens with one attached hydrogen (secondary N) is 1. The first-order valence-electron chi connectivity index (χ1n) is 5.33. The van der Waals surface area contributed by atoms with Gasteiger partial charge in [0.2, 0.25) is 0 Å². The number of carbonyl (C=O) groups is 1. The highest BCUT2D eigenvalue weighted by molar-refractivity contribution is 6.33. The summed E-state index contributed by atoms with van der Waals surface area (Å²) in [7, 11) is 0. The van der Waals surface area contributed by atoms with Crippen molar-refractivity contribution in [2.45, 2.75) is 19.9 Å². The summed E-state index contributed by atoms with van der Waals surface area (Å²) in [6.45, 7) is 4.61. The predicted molar refractivity (Wildman–Crippen MR) is 69.7 cm³/mol. The number of halogens is 2.